The fraction of sp³-hybridized carbons (Fsp3) is 0.526. The fourth-order valence-electron chi connectivity index (χ4n) is 3.35. The Morgan fingerprint density at radius 1 is 1.32 bits per heavy atom. The molecule has 0 aliphatic carbocycles. The molecule has 1 aromatic heterocycles. The third kappa shape index (κ3) is 5.93. The molecule has 1 aliphatic rings. The third-order valence-corrected chi connectivity index (χ3v) is 4.46. The molecule has 0 saturated carbocycles. The molecule has 2 heterocycles. The van der Waals surface area contributed by atoms with Gasteiger partial charge in [-0.1, -0.05) is 30.3 Å². The molecule has 0 amide bonds. The molecule has 25 heavy (non-hydrogen) atoms. The molecule has 1 aromatic carbocycles. The second kappa shape index (κ2) is 9.10. The number of nitrogens with zero attached hydrogens (tertiary/aromatic N) is 4. The molecule has 1 N–H and O–H groups in total. The Kier molecular flexibility index (Phi) is 6.58. The zero-order valence-electron chi connectivity index (χ0n) is 14.9. The van der Waals surface area contributed by atoms with Gasteiger partial charge in [-0.05, 0) is 18.7 Å². The number of hydrogen-bond acceptors (Lipinski definition) is 5. The summed E-state index contributed by atoms with van der Waals surface area (Å²) < 4.78 is 7.73. The van der Waals surface area contributed by atoms with Crippen LogP contribution >= 0.6 is 0 Å². The van der Waals surface area contributed by atoms with Crippen molar-refractivity contribution in [2.75, 3.05) is 39.8 Å². The van der Waals surface area contributed by atoms with Gasteiger partial charge in [-0.3, -0.25) is 14.5 Å². The van der Waals surface area contributed by atoms with E-state index in [4.69, 9.17) is 4.74 Å². The van der Waals surface area contributed by atoms with Crippen molar-refractivity contribution >= 4 is 0 Å². The van der Waals surface area contributed by atoms with Gasteiger partial charge >= 0.3 is 0 Å². The average molecular weight is 344 g/mol. The van der Waals surface area contributed by atoms with Crippen molar-refractivity contribution < 1.29 is 9.84 Å². The van der Waals surface area contributed by atoms with Gasteiger partial charge in [0.05, 0.1) is 25.4 Å². The summed E-state index contributed by atoms with van der Waals surface area (Å²) in [5, 5.41) is 14.7. The number of likely N-dealkylation sites (N-methyl/N-ethyl adjacent to an activating group) is 1. The van der Waals surface area contributed by atoms with Crippen LogP contribution in [-0.2, 0) is 17.8 Å². The summed E-state index contributed by atoms with van der Waals surface area (Å²) >= 11 is 0. The Bertz CT molecular complexity index is 605. The minimum absolute atomic E-state index is 0.128. The Morgan fingerprint density at radius 2 is 2.16 bits per heavy atom. The van der Waals surface area contributed by atoms with Crippen LogP contribution in [0.25, 0.3) is 0 Å². The van der Waals surface area contributed by atoms with Crippen LogP contribution in [0.15, 0.2) is 48.8 Å². The molecule has 6 heteroatoms. The number of ether oxygens (including phenoxy) is 1. The fourth-order valence-corrected chi connectivity index (χ4v) is 3.35. The van der Waals surface area contributed by atoms with E-state index in [1.807, 2.05) is 35.1 Å². The van der Waals surface area contributed by atoms with E-state index in [1.165, 1.54) is 5.56 Å². The Morgan fingerprint density at radius 3 is 2.92 bits per heavy atom. The van der Waals surface area contributed by atoms with Crippen LogP contribution in [0, 0.1) is 0 Å². The quantitative estimate of drug-likeness (QED) is 0.777. The van der Waals surface area contributed by atoms with Crippen LogP contribution in [0.3, 0.4) is 0 Å². The lowest BCUT2D eigenvalue weighted by molar-refractivity contribution is -0.0504. The van der Waals surface area contributed by atoms with Crippen molar-refractivity contribution in [2.24, 2.45) is 0 Å². The zero-order chi connectivity index (χ0) is 17.5. The second-order valence-electron chi connectivity index (χ2n) is 6.82. The van der Waals surface area contributed by atoms with Gasteiger partial charge in [-0.25, -0.2) is 0 Å². The Balaban J connectivity index is 1.41. The SMILES string of the molecule is CN(Cc1ccccc1)CC(O)CN1CCOC(Cn2cccn2)C1. The van der Waals surface area contributed by atoms with Gasteiger partial charge in [-0.15, -0.1) is 0 Å². The lowest BCUT2D eigenvalue weighted by atomic mass is 10.2. The maximum Gasteiger partial charge on any atom is 0.0898 e. The van der Waals surface area contributed by atoms with Gasteiger partial charge < -0.3 is 9.84 Å². The van der Waals surface area contributed by atoms with Crippen molar-refractivity contribution in [3.05, 3.63) is 54.4 Å². The average Bonchev–Trinajstić information content (AvgIpc) is 3.08. The van der Waals surface area contributed by atoms with Crippen LogP contribution < -0.4 is 0 Å². The van der Waals surface area contributed by atoms with Crippen molar-refractivity contribution in [2.45, 2.75) is 25.3 Å². The molecule has 2 unspecified atom stereocenters. The summed E-state index contributed by atoms with van der Waals surface area (Å²) in [6.07, 6.45) is 3.50. The maximum absolute atomic E-state index is 10.5. The summed E-state index contributed by atoms with van der Waals surface area (Å²) in [5.41, 5.74) is 1.27. The molecule has 2 atom stereocenters. The summed E-state index contributed by atoms with van der Waals surface area (Å²) in [5.74, 6) is 0. The summed E-state index contributed by atoms with van der Waals surface area (Å²) in [4.78, 5) is 4.46. The van der Waals surface area contributed by atoms with E-state index in [2.05, 4.69) is 34.1 Å². The largest absolute Gasteiger partial charge is 0.390 e. The van der Waals surface area contributed by atoms with Gasteiger partial charge in [0.2, 0.25) is 0 Å². The van der Waals surface area contributed by atoms with Gasteiger partial charge in [0.1, 0.15) is 0 Å². The highest BCUT2D eigenvalue weighted by Crippen LogP contribution is 2.09. The van der Waals surface area contributed by atoms with Crippen LogP contribution in [0.2, 0.25) is 0 Å². The van der Waals surface area contributed by atoms with Gasteiger partial charge in [0, 0.05) is 45.1 Å². The molecular formula is C19H28N4O2. The van der Waals surface area contributed by atoms with Crippen molar-refractivity contribution in [3.8, 4) is 0 Å². The summed E-state index contributed by atoms with van der Waals surface area (Å²) in [6.45, 7) is 5.36. The number of aromatic nitrogens is 2. The Labute approximate surface area is 149 Å². The number of morpholine rings is 1. The molecule has 0 bridgehead atoms. The number of aliphatic hydroxyl groups is 1. The third-order valence-electron chi connectivity index (χ3n) is 4.46. The first kappa shape index (κ1) is 18.1. The van der Waals surface area contributed by atoms with E-state index in [0.29, 0.717) is 19.7 Å². The van der Waals surface area contributed by atoms with Gasteiger partial charge in [0.15, 0.2) is 0 Å². The highest BCUT2D eigenvalue weighted by atomic mass is 16.5. The minimum Gasteiger partial charge on any atom is -0.390 e. The number of aliphatic hydroxyl groups excluding tert-OH is 1. The Hall–Kier alpha value is -1.73. The lowest BCUT2D eigenvalue weighted by Crippen LogP contribution is -2.48. The van der Waals surface area contributed by atoms with Crippen LogP contribution in [-0.4, -0.2) is 76.7 Å². The molecule has 0 spiro atoms. The monoisotopic (exact) mass is 344 g/mol. The topological polar surface area (TPSA) is 53.8 Å². The predicted octanol–water partition coefficient (Wildman–Crippen LogP) is 1.08. The van der Waals surface area contributed by atoms with Crippen molar-refractivity contribution in [3.63, 3.8) is 0 Å². The molecule has 1 saturated heterocycles. The molecule has 1 aliphatic heterocycles. The molecule has 0 radical (unpaired) electrons. The molecule has 3 rings (SSSR count). The lowest BCUT2D eigenvalue weighted by Gasteiger charge is -2.34. The van der Waals surface area contributed by atoms with Crippen LogP contribution in [0.5, 0.6) is 0 Å². The van der Waals surface area contributed by atoms with E-state index in [-0.39, 0.29) is 12.2 Å². The second-order valence-corrected chi connectivity index (χ2v) is 6.82. The molecule has 6 nitrogen and oxygen atoms in total. The highest BCUT2D eigenvalue weighted by molar-refractivity contribution is 5.14. The van der Waals surface area contributed by atoms with E-state index in [1.54, 1.807) is 6.20 Å². The smallest absolute Gasteiger partial charge is 0.0898 e. The number of hydrogen-bond donors (Lipinski definition) is 1. The van der Waals surface area contributed by atoms with Crippen LogP contribution in [0.4, 0.5) is 0 Å². The summed E-state index contributed by atoms with van der Waals surface area (Å²) in [7, 11) is 2.05. The first-order valence-corrected chi connectivity index (χ1v) is 8.91. The van der Waals surface area contributed by atoms with E-state index < -0.39 is 0 Å². The van der Waals surface area contributed by atoms with Crippen molar-refractivity contribution in [1.82, 2.24) is 19.6 Å². The van der Waals surface area contributed by atoms with Gasteiger partial charge in [-0.2, -0.15) is 5.10 Å². The normalized spacial score (nSPS) is 20.0. The molecule has 136 valence electrons. The van der Waals surface area contributed by atoms with E-state index in [9.17, 15) is 5.11 Å². The number of β-amino-alcohol motifs (C(OH)–C–C–N with tert-alkyl or cyclic N) is 1. The van der Waals surface area contributed by atoms with Crippen molar-refractivity contribution in [1.29, 1.82) is 0 Å². The molecule has 2 aromatic rings. The predicted molar refractivity (Wildman–Crippen MR) is 97.2 cm³/mol. The number of rotatable bonds is 8. The standard InChI is InChI=1S/C19H28N4O2/c1-21(12-17-6-3-2-4-7-17)13-18(24)14-22-10-11-25-19(15-22)16-23-9-5-8-20-23/h2-9,18-19,24H,10-16H2,1H3. The number of benzene rings is 1. The maximum atomic E-state index is 10.5. The van der Waals surface area contributed by atoms with E-state index >= 15 is 0 Å². The van der Waals surface area contributed by atoms with E-state index in [0.717, 1.165) is 26.2 Å². The summed E-state index contributed by atoms with van der Waals surface area (Å²) in [6, 6.07) is 12.3. The van der Waals surface area contributed by atoms with Crippen LogP contribution in [0.1, 0.15) is 5.56 Å². The van der Waals surface area contributed by atoms with Gasteiger partial charge in [0.25, 0.3) is 0 Å². The first-order valence-electron chi connectivity index (χ1n) is 8.91. The minimum atomic E-state index is -0.364. The highest BCUT2D eigenvalue weighted by Gasteiger charge is 2.23. The molecule has 1 fully saturated rings. The zero-order valence-corrected chi connectivity index (χ0v) is 14.9. The molecular weight excluding hydrogens is 316 g/mol. The first-order chi connectivity index (χ1) is 12.2.